The van der Waals surface area contributed by atoms with Crippen molar-refractivity contribution in [3.63, 3.8) is 0 Å². The van der Waals surface area contributed by atoms with E-state index < -0.39 is 18.0 Å². The molecule has 1 aliphatic heterocycles. The summed E-state index contributed by atoms with van der Waals surface area (Å²) in [6, 6.07) is 5.98. The number of rotatable bonds is 3. The van der Waals surface area contributed by atoms with Gasteiger partial charge >= 0.3 is 6.03 Å². The van der Waals surface area contributed by atoms with Crippen LogP contribution in [0, 0.1) is 6.92 Å². The number of hydrogen-bond acceptors (Lipinski definition) is 3. The van der Waals surface area contributed by atoms with Crippen LogP contribution >= 0.6 is 0 Å². The van der Waals surface area contributed by atoms with Crippen molar-refractivity contribution in [2.24, 2.45) is 0 Å². The predicted molar refractivity (Wildman–Crippen MR) is 76.2 cm³/mol. The molecule has 108 valence electrons. The van der Waals surface area contributed by atoms with Gasteiger partial charge in [0.2, 0.25) is 5.91 Å². The first kappa shape index (κ1) is 15.7. The highest BCUT2D eigenvalue weighted by Gasteiger charge is 2.31. The lowest BCUT2D eigenvalue weighted by atomic mass is 10.1. The molecular formula is C14H19N3O3. The predicted octanol–water partition coefficient (Wildman–Crippen LogP) is 1.56. The normalized spacial score (nSPS) is 16.6. The number of anilines is 1. The van der Waals surface area contributed by atoms with Crippen molar-refractivity contribution in [2.45, 2.75) is 33.2 Å². The van der Waals surface area contributed by atoms with Crippen LogP contribution in [0.3, 0.4) is 0 Å². The molecule has 4 amide bonds. The number of aryl methyl sites for hydroxylation is 1. The lowest BCUT2D eigenvalue weighted by molar-refractivity contribution is -0.124. The highest BCUT2D eigenvalue weighted by atomic mass is 16.2. The van der Waals surface area contributed by atoms with E-state index in [0.717, 1.165) is 5.56 Å². The van der Waals surface area contributed by atoms with E-state index in [9.17, 15) is 14.4 Å². The van der Waals surface area contributed by atoms with E-state index >= 15 is 0 Å². The first-order valence-electron chi connectivity index (χ1n) is 6.53. The molecule has 1 atom stereocenters. The number of hydrogen-bond donors (Lipinski definition) is 3. The van der Waals surface area contributed by atoms with Crippen LogP contribution in [0.2, 0.25) is 0 Å². The molecule has 1 saturated heterocycles. The second-order valence-electron chi connectivity index (χ2n) is 4.08. The third kappa shape index (κ3) is 4.08. The summed E-state index contributed by atoms with van der Waals surface area (Å²) >= 11 is 0. The Labute approximate surface area is 117 Å². The van der Waals surface area contributed by atoms with E-state index in [-0.39, 0.29) is 12.3 Å². The van der Waals surface area contributed by atoms with E-state index in [1.807, 2.05) is 39.0 Å². The standard InChI is InChI=1S/C12H13N3O3.C2H6/c1-7-4-2-3-5-8(7)13-10(16)6-9-11(17)15-12(18)14-9;1-2/h2-5,9H,6H2,1H3,(H,13,16)(H2,14,15,17,18);1-2H3. The van der Waals surface area contributed by atoms with Crippen LogP contribution < -0.4 is 16.0 Å². The summed E-state index contributed by atoms with van der Waals surface area (Å²) in [4.78, 5) is 33.9. The zero-order valence-electron chi connectivity index (χ0n) is 11.8. The summed E-state index contributed by atoms with van der Waals surface area (Å²) in [5, 5.41) is 7.16. The minimum absolute atomic E-state index is 0.0775. The van der Waals surface area contributed by atoms with Crippen molar-refractivity contribution in [2.75, 3.05) is 5.32 Å². The van der Waals surface area contributed by atoms with Gasteiger partial charge in [-0.15, -0.1) is 0 Å². The third-order valence-corrected chi connectivity index (χ3v) is 2.67. The lowest BCUT2D eigenvalue weighted by Gasteiger charge is -2.10. The van der Waals surface area contributed by atoms with Gasteiger partial charge in [-0.3, -0.25) is 14.9 Å². The van der Waals surface area contributed by atoms with Gasteiger partial charge in [0.05, 0.1) is 6.42 Å². The van der Waals surface area contributed by atoms with Crippen molar-refractivity contribution in [3.8, 4) is 0 Å². The summed E-state index contributed by atoms with van der Waals surface area (Å²) in [7, 11) is 0. The molecule has 20 heavy (non-hydrogen) atoms. The number of carbonyl (C=O) groups is 3. The molecule has 0 aromatic heterocycles. The largest absolute Gasteiger partial charge is 0.326 e. The molecule has 1 unspecified atom stereocenters. The molecule has 0 aliphatic carbocycles. The Hall–Kier alpha value is -2.37. The number of benzene rings is 1. The minimum atomic E-state index is -0.790. The molecular weight excluding hydrogens is 258 g/mol. The monoisotopic (exact) mass is 277 g/mol. The summed E-state index contributed by atoms with van der Waals surface area (Å²) in [6.07, 6.45) is -0.0775. The number of para-hydroxylation sites is 1. The van der Waals surface area contributed by atoms with Crippen molar-refractivity contribution in [1.29, 1.82) is 0 Å². The number of urea groups is 1. The molecule has 6 nitrogen and oxygen atoms in total. The number of carbonyl (C=O) groups excluding carboxylic acids is 3. The smallest absolute Gasteiger partial charge is 0.322 e. The lowest BCUT2D eigenvalue weighted by Crippen LogP contribution is -2.33. The van der Waals surface area contributed by atoms with Gasteiger partial charge < -0.3 is 10.6 Å². The van der Waals surface area contributed by atoms with Gasteiger partial charge in [-0.05, 0) is 18.6 Å². The van der Waals surface area contributed by atoms with E-state index in [1.165, 1.54) is 0 Å². The summed E-state index contributed by atoms with van der Waals surface area (Å²) < 4.78 is 0. The summed E-state index contributed by atoms with van der Waals surface area (Å²) in [5.74, 6) is -0.786. The van der Waals surface area contributed by atoms with Crippen LogP contribution in [-0.4, -0.2) is 23.9 Å². The Morgan fingerprint density at radius 2 is 1.90 bits per heavy atom. The average molecular weight is 277 g/mol. The number of nitrogens with one attached hydrogen (secondary N) is 3. The zero-order chi connectivity index (χ0) is 15.1. The topological polar surface area (TPSA) is 87.3 Å². The maximum Gasteiger partial charge on any atom is 0.322 e. The number of imide groups is 1. The first-order chi connectivity index (χ1) is 9.56. The average Bonchev–Trinajstić information content (AvgIpc) is 2.73. The van der Waals surface area contributed by atoms with Crippen LogP contribution in [0.15, 0.2) is 24.3 Å². The number of amides is 4. The molecule has 1 fully saturated rings. The zero-order valence-corrected chi connectivity index (χ0v) is 11.8. The maximum atomic E-state index is 11.7. The van der Waals surface area contributed by atoms with Crippen molar-refractivity contribution in [3.05, 3.63) is 29.8 Å². The van der Waals surface area contributed by atoms with E-state index in [0.29, 0.717) is 5.69 Å². The Balaban J connectivity index is 0.000000956. The molecule has 1 aromatic rings. The van der Waals surface area contributed by atoms with Crippen molar-refractivity contribution < 1.29 is 14.4 Å². The fourth-order valence-electron chi connectivity index (χ4n) is 1.70. The second-order valence-corrected chi connectivity index (χ2v) is 4.08. The molecule has 3 N–H and O–H groups in total. The molecule has 1 aliphatic rings. The first-order valence-corrected chi connectivity index (χ1v) is 6.53. The molecule has 6 heteroatoms. The molecule has 0 radical (unpaired) electrons. The minimum Gasteiger partial charge on any atom is -0.326 e. The summed E-state index contributed by atoms with van der Waals surface area (Å²) in [6.45, 7) is 5.87. The molecule has 2 rings (SSSR count). The highest BCUT2D eigenvalue weighted by Crippen LogP contribution is 2.13. The third-order valence-electron chi connectivity index (χ3n) is 2.67. The molecule has 0 saturated carbocycles. The Morgan fingerprint density at radius 1 is 1.25 bits per heavy atom. The molecule has 1 aromatic carbocycles. The van der Waals surface area contributed by atoms with Gasteiger partial charge in [-0.1, -0.05) is 32.0 Å². The molecule has 0 bridgehead atoms. The van der Waals surface area contributed by atoms with E-state index in [4.69, 9.17) is 0 Å². The maximum absolute atomic E-state index is 11.7. The van der Waals surface area contributed by atoms with E-state index in [2.05, 4.69) is 16.0 Å². The van der Waals surface area contributed by atoms with Crippen molar-refractivity contribution >= 4 is 23.5 Å². The second kappa shape index (κ2) is 7.28. The van der Waals surface area contributed by atoms with Gasteiger partial charge in [0.15, 0.2) is 0 Å². The van der Waals surface area contributed by atoms with Gasteiger partial charge in [0, 0.05) is 5.69 Å². The summed E-state index contributed by atoms with van der Waals surface area (Å²) in [5.41, 5.74) is 1.64. The van der Waals surface area contributed by atoms with Crippen LogP contribution in [0.25, 0.3) is 0 Å². The van der Waals surface area contributed by atoms with Gasteiger partial charge in [-0.2, -0.15) is 0 Å². The van der Waals surface area contributed by atoms with E-state index in [1.54, 1.807) is 6.07 Å². The van der Waals surface area contributed by atoms with Gasteiger partial charge in [-0.25, -0.2) is 4.79 Å². The fraction of sp³-hybridized carbons (Fsp3) is 0.357. The van der Waals surface area contributed by atoms with Crippen LogP contribution in [-0.2, 0) is 9.59 Å². The van der Waals surface area contributed by atoms with Crippen LogP contribution in [0.5, 0.6) is 0 Å². The van der Waals surface area contributed by atoms with Gasteiger partial charge in [0.25, 0.3) is 5.91 Å². The molecule has 0 spiro atoms. The fourth-order valence-corrected chi connectivity index (χ4v) is 1.70. The Morgan fingerprint density at radius 3 is 2.45 bits per heavy atom. The molecule has 1 heterocycles. The van der Waals surface area contributed by atoms with Crippen LogP contribution in [0.4, 0.5) is 10.5 Å². The highest BCUT2D eigenvalue weighted by molar-refractivity contribution is 6.06. The Kier molecular flexibility index (Phi) is 5.71. The van der Waals surface area contributed by atoms with Gasteiger partial charge in [0.1, 0.15) is 6.04 Å². The van der Waals surface area contributed by atoms with Crippen LogP contribution in [0.1, 0.15) is 25.8 Å². The SMILES string of the molecule is CC.Cc1ccccc1NC(=O)CC1NC(=O)NC1=O. The van der Waals surface area contributed by atoms with Crippen molar-refractivity contribution in [1.82, 2.24) is 10.6 Å². The Bertz CT molecular complexity index is 514. The quantitative estimate of drug-likeness (QED) is 0.733.